The van der Waals surface area contributed by atoms with E-state index in [9.17, 15) is 5.21 Å². The summed E-state index contributed by atoms with van der Waals surface area (Å²) >= 11 is 0. The summed E-state index contributed by atoms with van der Waals surface area (Å²) < 4.78 is 0. The Kier molecular flexibility index (Phi) is 5.59. The van der Waals surface area contributed by atoms with Gasteiger partial charge in [0.25, 0.3) is 0 Å². The van der Waals surface area contributed by atoms with Crippen molar-refractivity contribution < 1.29 is 10.0 Å². The fraction of sp³-hybridized carbons (Fsp3) is 1.00. The molecule has 0 aliphatic heterocycles. The van der Waals surface area contributed by atoms with Crippen LogP contribution < -0.4 is 5.73 Å². The zero-order chi connectivity index (χ0) is 18.3. The highest BCUT2D eigenvalue weighted by atomic mass is 16.9. The molecule has 5 aliphatic carbocycles. The molecule has 7 heteroatoms. The molecule has 7 nitrogen and oxygen atoms in total. The van der Waals surface area contributed by atoms with Crippen molar-refractivity contribution in [1.82, 2.24) is 10.6 Å². The van der Waals surface area contributed by atoms with Gasteiger partial charge in [0.05, 0.1) is 0 Å². The molecule has 5 N–H and O–H groups in total. The van der Waals surface area contributed by atoms with E-state index in [-0.39, 0.29) is 16.5 Å². The second-order valence-electron chi connectivity index (χ2n) is 9.49. The maximum Gasteiger partial charge on any atom is 0.145 e. The quantitative estimate of drug-likeness (QED) is 0.549. The standard InChI is InChI=1S/C19H35N5O2/c20-19(26-24(25)23(21)22)12-15-11-18(19)17-6-2-4-14-9-7-13(8-10-14)3-1-5-16(15)17/h13-18,21-22,25H,1-12,20H2/q-2. The second kappa shape index (κ2) is 7.62. The largest absolute Gasteiger partial charge is 0.611 e. The maximum absolute atomic E-state index is 9.68. The topological polar surface area (TPSA) is 110 Å². The zero-order valence-corrected chi connectivity index (χ0v) is 15.8. The normalized spacial score (nSPS) is 46.4. The van der Waals surface area contributed by atoms with E-state index in [1.165, 1.54) is 64.2 Å². The van der Waals surface area contributed by atoms with Crippen LogP contribution in [0.4, 0.5) is 0 Å². The Morgan fingerprint density at radius 2 is 1.46 bits per heavy atom. The summed E-state index contributed by atoms with van der Waals surface area (Å²) in [4.78, 5) is 5.48. The highest BCUT2D eigenvalue weighted by Gasteiger charge is 2.59. The summed E-state index contributed by atoms with van der Waals surface area (Å²) in [6, 6.07) is 0. The number of hydrazine groups is 1. The van der Waals surface area contributed by atoms with Crippen LogP contribution in [0.2, 0.25) is 0 Å². The average molecular weight is 366 g/mol. The molecule has 5 fully saturated rings. The fourth-order valence-electron chi connectivity index (χ4n) is 6.94. The van der Waals surface area contributed by atoms with Crippen LogP contribution in [-0.2, 0) is 4.84 Å². The molecule has 5 rings (SSSR count). The van der Waals surface area contributed by atoms with Gasteiger partial charge in [0, 0.05) is 5.92 Å². The highest BCUT2D eigenvalue weighted by molar-refractivity contribution is 5.06. The van der Waals surface area contributed by atoms with Gasteiger partial charge >= 0.3 is 0 Å². The van der Waals surface area contributed by atoms with E-state index in [2.05, 4.69) is 0 Å². The molecule has 0 heterocycles. The van der Waals surface area contributed by atoms with Gasteiger partial charge in [0.15, 0.2) is 0 Å². The van der Waals surface area contributed by atoms with Gasteiger partial charge in [0.1, 0.15) is 5.72 Å². The van der Waals surface area contributed by atoms with Crippen molar-refractivity contribution in [2.75, 3.05) is 0 Å². The van der Waals surface area contributed by atoms with Crippen molar-refractivity contribution in [3.8, 4) is 0 Å². The van der Waals surface area contributed by atoms with Gasteiger partial charge in [-0.2, -0.15) is 0 Å². The first-order valence-electron chi connectivity index (χ1n) is 10.7. The Hall–Kier alpha value is -0.280. The van der Waals surface area contributed by atoms with Crippen LogP contribution in [-0.4, -0.2) is 21.5 Å². The lowest BCUT2D eigenvalue weighted by atomic mass is 9.69. The van der Waals surface area contributed by atoms with Crippen LogP contribution >= 0.6 is 0 Å². The Morgan fingerprint density at radius 1 is 0.885 bits per heavy atom. The Morgan fingerprint density at radius 3 is 2.04 bits per heavy atom. The van der Waals surface area contributed by atoms with Crippen molar-refractivity contribution in [1.29, 1.82) is 0 Å². The van der Waals surface area contributed by atoms with Crippen molar-refractivity contribution in [2.45, 2.75) is 82.8 Å². The minimum Gasteiger partial charge on any atom is -0.611 e. The Bertz CT molecular complexity index is 485. The van der Waals surface area contributed by atoms with E-state index in [0.29, 0.717) is 11.8 Å². The lowest BCUT2D eigenvalue weighted by Gasteiger charge is -2.47. The molecular weight excluding hydrogens is 330 g/mol. The molecule has 0 aromatic rings. The molecule has 5 saturated carbocycles. The van der Waals surface area contributed by atoms with Crippen molar-refractivity contribution in [2.24, 2.45) is 41.2 Å². The maximum atomic E-state index is 9.68. The summed E-state index contributed by atoms with van der Waals surface area (Å²) in [5, 5.41) is 9.89. The van der Waals surface area contributed by atoms with Gasteiger partial charge in [-0.25, -0.2) is 4.84 Å². The lowest BCUT2D eigenvalue weighted by molar-refractivity contribution is -0.461. The first kappa shape index (κ1) is 19.1. The number of fused-ring (bicyclic) bond motifs is 8. The molecule has 26 heavy (non-hydrogen) atoms. The van der Waals surface area contributed by atoms with Gasteiger partial charge in [-0.1, -0.05) is 51.4 Å². The van der Waals surface area contributed by atoms with Gasteiger partial charge in [-0.3, -0.25) is 5.21 Å². The third-order valence-corrected chi connectivity index (χ3v) is 8.13. The van der Waals surface area contributed by atoms with Crippen LogP contribution in [0.5, 0.6) is 0 Å². The van der Waals surface area contributed by atoms with Gasteiger partial charge in [0.2, 0.25) is 0 Å². The van der Waals surface area contributed by atoms with Gasteiger partial charge < -0.3 is 22.6 Å². The second-order valence-corrected chi connectivity index (χ2v) is 9.49. The molecule has 0 aromatic heterocycles. The minimum atomic E-state index is -0.934. The molecule has 150 valence electrons. The predicted octanol–water partition coefficient (Wildman–Crippen LogP) is 4.85. The lowest BCUT2D eigenvalue weighted by Crippen LogP contribution is -2.56. The molecule has 5 unspecified atom stereocenters. The summed E-state index contributed by atoms with van der Waals surface area (Å²) in [5.74, 6) is 18.3. The molecule has 5 aliphatic rings. The number of hydrogen-bond donors (Lipinski definition) is 2. The summed E-state index contributed by atoms with van der Waals surface area (Å²) in [6.07, 6.45) is 15.5. The molecule has 0 saturated heterocycles. The summed E-state index contributed by atoms with van der Waals surface area (Å²) in [5.41, 5.74) is 5.62. The monoisotopic (exact) mass is 365 g/mol. The third-order valence-electron chi connectivity index (χ3n) is 8.13. The van der Waals surface area contributed by atoms with Gasteiger partial charge in [-0.05, 0) is 60.6 Å². The molecular formula is C19H35N5O2-2. The number of nitrogens with two attached hydrogens (primary N) is 1. The fourth-order valence-corrected chi connectivity index (χ4v) is 6.94. The first-order valence-corrected chi connectivity index (χ1v) is 10.7. The third kappa shape index (κ3) is 3.68. The van der Waals surface area contributed by atoms with Crippen LogP contribution in [0.15, 0.2) is 0 Å². The van der Waals surface area contributed by atoms with E-state index >= 15 is 0 Å². The zero-order valence-electron chi connectivity index (χ0n) is 15.8. The average Bonchev–Trinajstić information content (AvgIpc) is 3.09. The van der Waals surface area contributed by atoms with Crippen LogP contribution in [0.3, 0.4) is 0 Å². The molecule has 0 aromatic carbocycles. The number of nitrogens with zero attached hydrogens (tertiary/aromatic N) is 2. The SMILES string of the molecule is [NH-]N([NH-])N(O)OC1(N)CC2CC1C1CCCC3CCC(CCCC21)CC3. The first-order chi connectivity index (χ1) is 12.5. The minimum absolute atomic E-state index is 0.0375. The highest BCUT2D eigenvalue weighted by Crippen LogP contribution is 2.59. The number of nitrogens with one attached hydrogen (secondary N) is 2. The number of hydrogen-bond acceptors (Lipinski definition) is 5. The summed E-state index contributed by atoms with van der Waals surface area (Å²) in [7, 11) is 0. The van der Waals surface area contributed by atoms with E-state index in [1.54, 1.807) is 0 Å². The molecule has 0 amide bonds. The van der Waals surface area contributed by atoms with Crippen LogP contribution in [0, 0.1) is 35.5 Å². The molecule has 0 spiro atoms. The van der Waals surface area contributed by atoms with Gasteiger partial charge in [-0.15, -0.1) is 0 Å². The van der Waals surface area contributed by atoms with E-state index in [0.717, 1.165) is 30.6 Å². The van der Waals surface area contributed by atoms with E-state index in [4.69, 9.17) is 22.3 Å². The molecule has 5 atom stereocenters. The van der Waals surface area contributed by atoms with Crippen LogP contribution in [0.1, 0.15) is 77.0 Å². The molecule has 0 radical (unpaired) electrons. The summed E-state index contributed by atoms with van der Waals surface area (Å²) in [6.45, 7) is 0. The predicted molar refractivity (Wildman–Crippen MR) is 98.5 cm³/mol. The Balaban J connectivity index is 1.45. The van der Waals surface area contributed by atoms with Crippen molar-refractivity contribution in [3.63, 3.8) is 0 Å². The Labute approximate surface area is 157 Å². The van der Waals surface area contributed by atoms with Crippen molar-refractivity contribution in [3.05, 3.63) is 11.7 Å². The van der Waals surface area contributed by atoms with Crippen molar-refractivity contribution >= 4 is 0 Å². The van der Waals surface area contributed by atoms with Crippen LogP contribution in [0.25, 0.3) is 11.7 Å². The van der Waals surface area contributed by atoms with E-state index in [1.807, 2.05) is 0 Å². The number of rotatable bonds is 3. The van der Waals surface area contributed by atoms with E-state index < -0.39 is 5.72 Å². The molecule has 4 bridgehead atoms. The smallest absolute Gasteiger partial charge is 0.145 e.